The molecular weight excluding hydrogens is 381 g/mol. The molecule has 29 heavy (non-hydrogen) atoms. The van der Waals surface area contributed by atoms with Crippen LogP contribution in [0.3, 0.4) is 0 Å². The predicted molar refractivity (Wildman–Crippen MR) is 118 cm³/mol. The summed E-state index contributed by atoms with van der Waals surface area (Å²) in [6.45, 7) is 0. The van der Waals surface area contributed by atoms with Crippen molar-refractivity contribution in [1.29, 1.82) is 0 Å². The molecule has 3 aromatic heterocycles. The second-order valence-electron chi connectivity index (χ2n) is 6.98. The maximum atomic E-state index is 13.2. The number of halogens is 1. The molecule has 138 valence electrons. The Morgan fingerprint density at radius 3 is 2.52 bits per heavy atom. The van der Waals surface area contributed by atoms with Gasteiger partial charge in [0.15, 0.2) is 0 Å². The molecule has 0 spiro atoms. The number of para-hydroxylation sites is 2. The van der Waals surface area contributed by atoms with Gasteiger partial charge in [0.2, 0.25) is 0 Å². The summed E-state index contributed by atoms with van der Waals surface area (Å²) in [5.41, 5.74) is 5.52. The summed E-state index contributed by atoms with van der Waals surface area (Å²) >= 11 is 1.66. The fourth-order valence-corrected chi connectivity index (χ4v) is 4.79. The fourth-order valence-electron chi connectivity index (χ4n) is 3.78. The van der Waals surface area contributed by atoms with E-state index in [1.807, 2.05) is 36.4 Å². The lowest BCUT2D eigenvalue weighted by molar-refractivity contribution is 0.628. The Balaban J connectivity index is 1.52. The first kappa shape index (κ1) is 16.5. The van der Waals surface area contributed by atoms with Gasteiger partial charge in [0.1, 0.15) is 17.0 Å². The van der Waals surface area contributed by atoms with Crippen LogP contribution in [0.25, 0.3) is 53.9 Å². The summed E-state index contributed by atoms with van der Waals surface area (Å²) in [6, 6.07) is 27.0. The molecule has 6 rings (SSSR count). The summed E-state index contributed by atoms with van der Waals surface area (Å²) in [7, 11) is 0. The van der Waals surface area contributed by atoms with Crippen LogP contribution in [0, 0.1) is 5.82 Å². The lowest BCUT2D eigenvalue weighted by atomic mass is 10.1. The highest BCUT2D eigenvalue weighted by Crippen LogP contribution is 2.37. The number of rotatable bonds is 2. The number of hydrogen-bond donors (Lipinski definition) is 0. The van der Waals surface area contributed by atoms with E-state index in [4.69, 9.17) is 9.40 Å². The lowest BCUT2D eigenvalue weighted by Gasteiger charge is -2.02. The molecule has 0 atom stereocenters. The molecule has 0 aliphatic heterocycles. The number of fused-ring (bicyclic) bond motifs is 4. The first-order valence-corrected chi connectivity index (χ1v) is 10.1. The number of pyridine rings is 1. The van der Waals surface area contributed by atoms with E-state index in [1.54, 1.807) is 23.5 Å². The SMILES string of the molecule is Fc1ccc(-c2cc3nc(-c4cccc5c4oc4ccccc45)ccc3s2)cc1. The van der Waals surface area contributed by atoms with Crippen LogP contribution in [-0.2, 0) is 0 Å². The molecular formula is C25H14FNOS. The van der Waals surface area contributed by atoms with Crippen molar-refractivity contribution in [3.05, 3.63) is 90.7 Å². The maximum Gasteiger partial charge on any atom is 0.144 e. The zero-order chi connectivity index (χ0) is 19.4. The Morgan fingerprint density at radius 1 is 0.793 bits per heavy atom. The third-order valence-electron chi connectivity index (χ3n) is 5.18. The van der Waals surface area contributed by atoms with Crippen molar-refractivity contribution in [3.8, 4) is 21.7 Å². The molecule has 3 aromatic carbocycles. The smallest absolute Gasteiger partial charge is 0.144 e. The predicted octanol–water partition coefficient (Wildman–Crippen LogP) is 7.67. The fraction of sp³-hybridized carbons (Fsp3) is 0. The summed E-state index contributed by atoms with van der Waals surface area (Å²) in [5.74, 6) is -0.228. The molecule has 0 amide bonds. The monoisotopic (exact) mass is 395 g/mol. The van der Waals surface area contributed by atoms with Crippen molar-refractivity contribution < 1.29 is 8.81 Å². The highest BCUT2D eigenvalue weighted by atomic mass is 32.1. The molecule has 0 saturated carbocycles. The standard InChI is InChI=1S/C25H14FNOS/c26-16-10-8-15(9-11-16)24-14-21-23(29-24)13-12-20(27-21)19-6-3-5-18-17-4-1-2-7-22(17)28-25(18)19/h1-14H. The van der Waals surface area contributed by atoms with Crippen molar-refractivity contribution >= 4 is 43.5 Å². The van der Waals surface area contributed by atoms with Gasteiger partial charge in [-0.3, -0.25) is 0 Å². The van der Waals surface area contributed by atoms with Gasteiger partial charge in [-0.1, -0.05) is 42.5 Å². The molecule has 0 unspecified atom stereocenters. The minimum atomic E-state index is -0.228. The van der Waals surface area contributed by atoms with E-state index in [1.165, 1.54) is 12.1 Å². The summed E-state index contributed by atoms with van der Waals surface area (Å²) in [4.78, 5) is 5.98. The number of aromatic nitrogens is 1. The van der Waals surface area contributed by atoms with Crippen LogP contribution < -0.4 is 0 Å². The highest BCUT2D eigenvalue weighted by Gasteiger charge is 2.14. The molecule has 0 N–H and O–H groups in total. The van der Waals surface area contributed by atoms with E-state index in [2.05, 4.69) is 24.3 Å². The molecule has 0 radical (unpaired) electrons. The molecule has 0 aliphatic carbocycles. The van der Waals surface area contributed by atoms with E-state index < -0.39 is 0 Å². The molecule has 6 aromatic rings. The number of hydrogen-bond acceptors (Lipinski definition) is 3. The van der Waals surface area contributed by atoms with Crippen molar-refractivity contribution in [2.24, 2.45) is 0 Å². The minimum absolute atomic E-state index is 0.228. The van der Waals surface area contributed by atoms with E-state index in [-0.39, 0.29) is 5.82 Å². The number of furan rings is 1. The van der Waals surface area contributed by atoms with Gasteiger partial charge in [-0.25, -0.2) is 9.37 Å². The lowest BCUT2D eigenvalue weighted by Crippen LogP contribution is -1.83. The third-order valence-corrected chi connectivity index (χ3v) is 6.32. The molecule has 0 fully saturated rings. The van der Waals surface area contributed by atoms with E-state index in [0.29, 0.717) is 0 Å². The Hall–Kier alpha value is -3.50. The molecule has 0 aliphatic rings. The quantitative estimate of drug-likeness (QED) is 0.301. The van der Waals surface area contributed by atoms with Gasteiger partial charge in [-0.15, -0.1) is 11.3 Å². The topological polar surface area (TPSA) is 26.0 Å². The van der Waals surface area contributed by atoms with Gasteiger partial charge in [0.05, 0.1) is 15.9 Å². The van der Waals surface area contributed by atoms with E-state index >= 15 is 0 Å². The van der Waals surface area contributed by atoms with Crippen LogP contribution in [0.15, 0.2) is 89.3 Å². The van der Waals surface area contributed by atoms with Crippen molar-refractivity contribution in [3.63, 3.8) is 0 Å². The number of benzene rings is 3. The Morgan fingerprint density at radius 2 is 1.62 bits per heavy atom. The van der Waals surface area contributed by atoms with Gasteiger partial charge >= 0.3 is 0 Å². The molecule has 4 heteroatoms. The van der Waals surface area contributed by atoms with Gasteiger partial charge in [0.25, 0.3) is 0 Å². The van der Waals surface area contributed by atoms with Crippen LogP contribution in [0.4, 0.5) is 4.39 Å². The summed E-state index contributed by atoms with van der Waals surface area (Å²) < 4.78 is 20.5. The van der Waals surface area contributed by atoms with Gasteiger partial charge in [-0.05, 0) is 48.0 Å². The van der Waals surface area contributed by atoms with Crippen molar-refractivity contribution in [1.82, 2.24) is 4.98 Å². The molecule has 3 heterocycles. The third kappa shape index (κ3) is 2.64. The van der Waals surface area contributed by atoms with Crippen LogP contribution in [-0.4, -0.2) is 4.98 Å². The zero-order valence-corrected chi connectivity index (χ0v) is 16.0. The zero-order valence-electron chi connectivity index (χ0n) is 15.2. The minimum Gasteiger partial charge on any atom is -0.455 e. The number of nitrogens with zero attached hydrogens (tertiary/aromatic N) is 1. The average Bonchev–Trinajstić information content (AvgIpc) is 3.35. The normalized spacial score (nSPS) is 11.6. The maximum absolute atomic E-state index is 13.2. The first-order chi connectivity index (χ1) is 14.3. The van der Waals surface area contributed by atoms with Crippen molar-refractivity contribution in [2.75, 3.05) is 0 Å². The van der Waals surface area contributed by atoms with Crippen LogP contribution >= 0.6 is 11.3 Å². The molecule has 2 nitrogen and oxygen atoms in total. The second kappa shape index (κ2) is 6.26. The van der Waals surface area contributed by atoms with Gasteiger partial charge in [-0.2, -0.15) is 0 Å². The van der Waals surface area contributed by atoms with Crippen LogP contribution in [0.2, 0.25) is 0 Å². The Labute approximate surface area is 169 Å². The largest absolute Gasteiger partial charge is 0.455 e. The Kier molecular flexibility index (Phi) is 3.55. The molecule has 0 bridgehead atoms. The van der Waals surface area contributed by atoms with Crippen molar-refractivity contribution in [2.45, 2.75) is 0 Å². The van der Waals surface area contributed by atoms with Gasteiger partial charge < -0.3 is 4.42 Å². The second-order valence-corrected chi connectivity index (χ2v) is 8.06. The van der Waals surface area contributed by atoms with E-state index in [0.717, 1.165) is 53.9 Å². The highest BCUT2D eigenvalue weighted by molar-refractivity contribution is 7.22. The van der Waals surface area contributed by atoms with Gasteiger partial charge in [0, 0.05) is 21.2 Å². The first-order valence-electron chi connectivity index (χ1n) is 9.33. The Bertz CT molecular complexity index is 1510. The summed E-state index contributed by atoms with van der Waals surface area (Å²) in [6.07, 6.45) is 0. The summed E-state index contributed by atoms with van der Waals surface area (Å²) in [5, 5.41) is 2.21. The number of thiophene rings is 1. The average molecular weight is 395 g/mol. The van der Waals surface area contributed by atoms with Crippen LogP contribution in [0.1, 0.15) is 0 Å². The van der Waals surface area contributed by atoms with E-state index in [9.17, 15) is 4.39 Å². The van der Waals surface area contributed by atoms with Crippen LogP contribution in [0.5, 0.6) is 0 Å². The molecule has 0 saturated heterocycles.